The summed E-state index contributed by atoms with van der Waals surface area (Å²) < 4.78 is 0. The number of hydrogen-bond donors (Lipinski definition) is 2. The molecule has 0 radical (unpaired) electrons. The summed E-state index contributed by atoms with van der Waals surface area (Å²) in [5.41, 5.74) is 11.3. The van der Waals surface area contributed by atoms with Gasteiger partial charge in [-0.2, -0.15) is 0 Å². The van der Waals surface area contributed by atoms with Gasteiger partial charge < -0.3 is 11.5 Å². The predicted molar refractivity (Wildman–Crippen MR) is 38.9 cm³/mol. The Morgan fingerprint density at radius 2 is 2.00 bits per heavy atom. The first-order valence-electron chi connectivity index (χ1n) is 3.47. The fraction of sp³-hybridized carbons (Fsp3) is 0.714. The lowest BCUT2D eigenvalue weighted by atomic mass is 10.1. The predicted octanol–water partition coefficient (Wildman–Crippen LogP) is 0.381. The highest BCUT2D eigenvalue weighted by Gasteiger charge is 2.06. The topological polar surface area (TPSA) is 52.0 Å². The van der Waals surface area contributed by atoms with Crippen LogP contribution in [0.15, 0.2) is 12.2 Å². The van der Waals surface area contributed by atoms with Crippen LogP contribution < -0.4 is 11.5 Å². The minimum Gasteiger partial charge on any atom is -0.327 e. The quantitative estimate of drug-likeness (QED) is 0.461. The molecular formula is C7H14N2. The van der Waals surface area contributed by atoms with E-state index in [4.69, 9.17) is 11.5 Å². The zero-order chi connectivity index (χ0) is 6.69. The van der Waals surface area contributed by atoms with Crippen molar-refractivity contribution in [3.8, 4) is 0 Å². The summed E-state index contributed by atoms with van der Waals surface area (Å²) >= 11 is 0. The zero-order valence-corrected chi connectivity index (χ0v) is 5.59. The van der Waals surface area contributed by atoms with Gasteiger partial charge in [-0.25, -0.2) is 0 Å². The molecule has 0 saturated heterocycles. The molecule has 1 aliphatic carbocycles. The molecule has 0 bridgehead atoms. The van der Waals surface area contributed by atoms with Crippen LogP contribution >= 0.6 is 0 Å². The zero-order valence-electron chi connectivity index (χ0n) is 5.59. The molecule has 0 spiro atoms. The number of hydrogen-bond acceptors (Lipinski definition) is 2. The highest BCUT2D eigenvalue weighted by molar-refractivity contribution is 4.96. The average Bonchev–Trinajstić information content (AvgIpc) is 1.97. The Morgan fingerprint density at radius 1 is 1.22 bits per heavy atom. The molecular weight excluding hydrogens is 112 g/mol. The fourth-order valence-corrected chi connectivity index (χ4v) is 1.05. The van der Waals surface area contributed by atoms with Crippen LogP contribution in [0.2, 0.25) is 0 Å². The van der Waals surface area contributed by atoms with Crippen LogP contribution in [0.3, 0.4) is 0 Å². The van der Waals surface area contributed by atoms with Crippen LogP contribution in [-0.2, 0) is 0 Å². The molecule has 0 heterocycles. The van der Waals surface area contributed by atoms with Gasteiger partial charge in [0, 0.05) is 12.1 Å². The third-order valence-corrected chi connectivity index (χ3v) is 1.69. The van der Waals surface area contributed by atoms with Crippen LogP contribution in [-0.4, -0.2) is 12.1 Å². The molecule has 0 aromatic rings. The second-order valence-electron chi connectivity index (χ2n) is 2.67. The molecule has 2 nitrogen and oxygen atoms in total. The van der Waals surface area contributed by atoms with Gasteiger partial charge in [0.1, 0.15) is 0 Å². The SMILES string of the molecule is NC1C=CCC(N)CC1. The van der Waals surface area contributed by atoms with Gasteiger partial charge in [-0.3, -0.25) is 0 Å². The minimum atomic E-state index is 0.249. The van der Waals surface area contributed by atoms with Crippen molar-refractivity contribution < 1.29 is 0 Å². The normalized spacial score (nSPS) is 36.2. The Bertz CT molecular complexity index is 109. The summed E-state index contributed by atoms with van der Waals surface area (Å²) in [5, 5.41) is 0. The van der Waals surface area contributed by atoms with Crippen LogP contribution in [0.4, 0.5) is 0 Å². The van der Waals surface area contributed by atoms with Crippen LogP contribution in [0.25, 0.3) is 0 Å². The summed E-state index contributed by atoms with van der Waals surface area (Å²) in [5.74, 6) is 0. The lowest BCUT2D eigenvalue weighted by molar-refractivity contribution is 0.580. The van der Waals surface area contributed by atoms with Crippen LogP contribution in [0, 0.1) is 0 Å². The maximum Gasteiger partial charge on any atom is 0.0224 e. The van der Waals surface area contributed by atoms with Crippen molar-refractivity contribution >= 4 is 0 Å². The first-order valence-corrected chi connectivity index (χ1v) is 3.47. The Labute approximate surface area is 55.9 Å². The third kappa shape index (κ3) is 2.16. The van der Waals surface area contributed by atoms with Gasteiger partial charge in [0.05, 0.1) is 0 Å². The van der Waals surface area contributed by atoms with E-state index in [1.807, 2.05) is 6.08 Å². The summed E-state index contributed by atoms with van der Waals surface area (Å²) in [6.07, 6.45) is 7.23. The fourth-order valence-electron chi connectivity index (χ4n) is 1.05. The average molecular weight is 126 g/mol. The molecule has 1 rings (SSSR count). The van der Waals surface area contributed by atoms with Crippen LogP contribution in [0.1, 0.15) is 19.3 Å². The Hall–Kier alpha value is -0.340. The molecule has 0 aliphatic heterocycles. The first kappa shape index (κ1) is 6.78. The van der Waals surface area contributed by atoms with Gasteiger partial charge in [-0.15, -0.1) is 0 Å². The smallest absolute Gasteiger partial charge is 0.0224 e. The molecule has 0 aromatic carbocycles. The monoisotopic (exact) mass is 126 g/mol. The first-order chi connectivity index (χ1) is 4.29. The minimum absolute atomic E-state index is 0.249. The van der Waals surface area contributed by atoms with Crippen molar-refractivity contribution in [2.75, 3.05) is 0 Å². The highest BCUT2D eigenvalue weighted by atomic mass is 14.7. The van der Waals surface area contributed by atoms with E-state index >= 15 is 0 Å². The van der Waals surface area contributed by atoms with Crippen molar-refractivity contribution in [2.24, 2.45) is 11.5 Å². The van der Waals surface area contributed by atoms with E-state index in [0.29, 0.717) is 6.04 Å². The van der Waals surface area contributed by atoms with E-state index in [0.717, 1.165) is 19.3 Å². The molecule has 2 unspecified atom stereocenters. The molecule has 4 N–H and O–H groups in total. The molecule has 0 aromatic heterocycles. The number of rotatable bonds is 0. The standard InChI is InChI=1S/C7H14N2/c8-6-2-1-3-7(9)5-4-6/h1-2,6-7H,3-5,8-9H2. The van der Waals surface area contributed by atoms with E-state index in [1.54, 1.807) is 0 Å². The van der Waals surface area contributed by atoms with Gasteiger partial charge in [-0.1, -0.05) is 12.2 Å². The largest absolute Gasteiger partial charge is 0.327 e. The third-order valence-electron chi connectivity index (χ3n) is 1.69. The summed E-state index contributed by atoms with van der Waals surface area (Å²) in [4.78, 5) is 0. The maximum atomic E-state index is 5.69. The van der Waals surface area contributed by atoms with E-state index in [1.165, 1.54) is 0 Å². The second kappa shape index (κ2) is 2.99. The summed E-state index contributed by atoms with van der Waals surface area (Å²) in [6.45, 7) is 0. The number of nitrogens with two attached hydrogens (primary N) is 2. The van der Waals surface area contributed by atoms with Crippen molar-refractivity contribution in [1.82, 2.24) is 0 Å². The Morgan fingerprint density at radius 3 is 2.78 bits per heavy atom. The van der Waals surface area contributed by atoms with E-state index in [2.05, 4.69) is 6.08 Å². The molecule has 52 valence electrons. The maximum absolute atomic E-state index is 5.69. The van der Waals surface area contributed by atoms with E-state index in [9.17, 15) is 0 Å². The molecule has 2 atom stereocenters. The molecule has 0 fully saturated rings. The second-order valence-corrected chi connectivity index (χ2v) is 2.67. The van der Waals surface area contributed by atoms with Gasteiger partial charge in [-0.05, 0) is 19.3 Å². The van der Waals surface area contributed by atoms with Gasteiger partial charge >= 0.3 is 0 Å². The Balaban J connectivity index is 2.39. The molecule has 0 saturated carbocycles. The van der Waals surface area contributed by atoms with Crippen molar-refractivity contribution in [3.05, 3.63) is 12.2 Å². The van der Waals surface area contributed by atoms with Gasteiger partial charge in [0.2, 0.25) is 0 Å². The van der Waals surface area contributed by atoms with Crippen LogP contribution in [0.5, 0.6) is 0 Å². The molecule has 2 heteroatoms. The lowest BCUT2D eigenvalue weighted by Gasteiger charge is -2.05. The van der Waals surface area contributed by atoms with E-state index < -0.39 is 0 Å². The van der Waals surface area contributed by atoms with E-state index in [-0.39, 0.29) is 6.04 Å². The summed E-state index contributed by atoms with van der Waals surface area (Å²) in [7, 11) is 0. The van der Waals surface area contributed by atoms with Gasteiger partial charge in [0.25, 0.3) is 0 Å². The van der Waals surface area contributed by atoms with Gasteiger partial charge in [0.15, 0.2) is 0 Å². The molecule has 0 amide bonds. The molecule has 1 aliphatic rings. The highest BCUT2D eigenvalue weighted by Crippen LogP contribution is 2.08. The lowest BCUT2D eigenvalue weighted by Crippen LogP contribution is -2.21. The van der Waals surface area contributed by atoms with Crippen molar-refractivity contribution in [3.63, 3.8) is 0 Å². The van der Waals surface area contributed by atoms with Crippen molar-refractivity contribution in [1.29, 1.82) is 0 Å². The molecule has 9 heavy (non-hydrogen) atoms. The Kier molecular flexibility index (Phi) is 2.25. The summed E-state index contributed by atoms with van der Waals surface area (Å²) in [6, 6.07) is 0.591. The van der Waals surface area contributed by atoms with Crippen molar-refractivity contribution in [2.45, 2.75) is 31.3 Å².